The van der Waals surface area contributed by atoms with Crippen LogP contribution >= 0.6 is 0 Å². The van der Waals surface area contributed by atoms with Crippen molar-refractivity contribution in [3.05, 3.63) is 41.7 Å². The minimum Gasteiger partial charge on any atom is -0.456 e. The van der Waals surface area contributed by atoms with Crippen molar-refractivity contribution in [3.8, 4) is 0 Å². The van der Waals surface area contributed by atoms with Crippen LogP contribution in [0.5, 0.6) is 0 Å². The Morgan fingerprint density at radius 2 is 1.89 bits per heavy atom. The number of furan rings is 1. The van der Waals surface area contributed by atoms with Crippen LogP contribution in [0.1, 0.15) is 51.4 Å². The average Bonchev–Trinajstić information content (AvgIpc) is 2.67. The molecule has 1 aromatic carbocycles. The average molecular weight is 240 g/mol. The van der Waals surface area contributed by atoms with E-state index >= 15 is 0 Å². The van der Waals surface area contributed by atoms with Crippen LogP contribution in [0, 0.1) is 5.41 Å². The zero-order chi connectivity index (χ0) is 12.9. The van der Waals surface area contributed by atoms with Crippen molar-refractivity contribution in [3.63, 3.8) is 0 Å². The lowest BCUT2D eigenvalue weighted by atomic mass is 9.77. The first kappa shape index (κ1) is 11.6. The fourth-order valence-electron chi connectivity index (χ4n) is 2.91. The highest BCUT2D eigenvalue weighted by molar-refractivity contribution is 5.89. The normalized spacial score (nSPS) is 19.8. The Morgan fingerprint density at radius 1 is 1.17 bits per heavy atom. The molecule has 0 aliphatic heterocycles. The molecule has 0 fully saturated rings. The van der Waals surface area contributed by atoms with Crippen LogP contribution in [0.4, 0.5) is 0 Å². The number of allylic oxidation sites excluding steroid dienone is 2. The van der Waals surface area contributed by atoms with Crippen LogP contribution < -0.4 is 0 Å². The van der Waals surface area contributed by atoms with Gasteiger partial charge in [0.2, 0.25) is 0 Å². The minimum atomic E-state index is 0.142. The largest absolute Gasteiger partial charge is 0.456 e. The van der Waals surface area contributed by atoms with Gasteiger partial charge >= 0.3 is 0 Å². The third kappa shape index (κ3) is 1.61. The molecule has 2 aromatic rings. The summed E-state index contributed by atoms with van der Waals surface area (Å²) in [6.45, 7) is 9.06. The van der Waals surface area contributed by atoms with E-state index in [1.54, 1.807) is 0 Å². The lowest BCUT2D eigenvalue weighted by Crippen LogP contribution is -2.13. The van der Waals surface area contributed by atoms with E-state index in [-0.39, 0.29) is 5.41 Å². The van der Waals surface area contributed by atoms with E-state index in [0.717, 1.165) is 17.8 Å². The standard InChI is InChI=1S/C17H20O/c1-11-9-10-13(17(2,3)4)16-15(11)12-7-5-6-8-14(12)18-16/h5-8,10-11H,9H2,1-4H3. The van der Waals surface area contributed by atoms with Crippen molar-refractivity contribution in [1.82, 2.24) is 0 Å². The van der Waals surface area contributed by atoms with Crippen LogP contribution in [-0.4, -0.2) is 0 Å². The predicted octanol–water partition coefficient (Wildman–Crippen LogP) is 5.37. The summed E-state index contributed by atoms with van der Waals surface area (Å²) in [5.41, 5.74) is 3.92. The maximum absolute atomic E-state index is 6.13. The lowest BCUT2D eigenvalue weighted by molar-refractivity contribution is 0.509. The Kier molecular flexibility index (Phi) is 2.41. The van der Waals surface area contributed by atoms with Gasteiger partial charge in [0, 0.05) is 10.9 Å². The Hall–Kier alpha value is -1.50. The summed E-state index contributed by atoms with van der Waals surface area (Å²) in [5.74, 6) is 1.66. The summed E-state index contributed by atoms with van der Waals surface area (Å²) in [4.78, 5) is 0. The zero-order valence-corrected chi connectivity index (χ0v) is 11.6. The Bertz CT molecular complexity index is 623. The predicted molar refractivity (Wildman–Crippen MR) is 76.7 cm³/mol. The van der Waals surface area contributed by atoms with Gasteiger partial charge in [0.1, 0.15) is 11.3 Å². The molecular weight excluding hydrogens is 220 g/mol. The fourth-order valence-corrected chi connectivity index (χ4v) is 2.91. The number of para-hydroxylation sites is 1. The van der Waals surface area contributed by atoms with Gasteiger partial charge < -0.3 is 4.42 Å². The van der Waals surface area contributed by atoms with E-state index in [1.807, 2.05) is 6.07 Å². The molecule has 1 heteroatoms. The van der Waals surface area contributed by atoms with E-state index in [4.69, 9.17) is 4.42 Å². The second-order valence-corrected chi connectivity index (χ2v) is 6.35. The molecule has 1 aliphatic rings. The van der Waals surface area contributed by atoms with Gasteiger partial charge in [-0.25, -0.2) is 0 Å². The molecule has 1 atom stereocenters. The molecule has 0 saturated carbocycles. The summed E-state index contributed by atoms with van der Waals surface area (Å²) in [6.07, 6.45) is 3.47. The van der Waals surface area contributed by atoms with E-state index in [2.05, 4.69) is 52.0 Å². The van der Waals surface area contributed by atoms with Crippen molar-refractivity contribution >= 4 is 16.5 Å². The van der Waals surface area contributed by atoms with Crippen molar-refractivity contribution in [2.75, 3.05) is 0 Å². The molecule has 94 valence electrons. The molecule has 0 bridgehead atoms. The van der Waals surface area contributed by atoms with E-state index in [1.165, 1.54) is 16.5 Å². The van der Waals surface area contributed by atoms with Gasteiger partial charge in [-0.05, 0) is 29.4 Å². The smallest absolute Gasteiger partial charge is 0.135 e. The van der Waals surface area contributed by atoms with Gasteiger partial charge in [0.25, 0.3) is 0 Å². The molecule has 18 heavy (non-hydrogen) atoms. The third-order valence-electron chi connectivity index (χ3n) is 3.85. The van der Waals surface area contributed by atoms with E-state index in [0.29, 0.717) is 5.92 Å². The molecule has 0 amide bonds. The first-order valence-corrected chi connectivity index (χ1v) is 6.71. The van der Waals surface area contributed by atoms with Crippen LogP contribution in [0.3, 0.4) is 0 Å². The first-order chi connectivity index (χ1) is 8.48. The second-order valence-electron chi connectivity index (χ2n) is 6.35. The number of benzene rings is 1. The van der Waals surface area contributed by atoms with Gasteiger partial charge in [-0.2, -0.15) is 0 Å². The van der Waals surface area contributed by atoms with Crippen LogP contribution in [-0.2, 0) is 0 Å². The van der Waals surface area contributed by atoms with Crippen LogP contribution in [0.15, 0.2) is 34.8 Å². The van der Waals surface area contributed by atoms with E-state index < -0.39 is 0 Å². The molecule has 0 radical (unpaired) electrons. The van der Waals surface area contributed by atoms with Crippen LogP contribution in [0.25, 0.3) is 16.5 Å². The number of fused-ring (bicyclic) bond motifs is 3. The topological polar surface area (TPSA) is 13.1 Å². The van der Waals surface area contributed by atoms with Gasteiger partial charge in [0.15, 0.2) is 0 Å². The summed E-state index contributed by atoms with van der Waals surface area (Å²) in [7, 11) is 0. The number of hydrogen-bond donors (Lipinski definition) is 0. The molecular formula is C17H20O. The summed E-state index contributed by atoms with van der Waals surface area (Å²) >= 11 is 0. The maximum Gasteiger partial charge on any atom is 0.135 e. The van der Waals surface area contributed by atoms with Crippen LogP contribution in [0.2, 0.25) is 0 Å². The minimum absolute atomic E-state index is 0.142. The fraction of sp³-hybridized carbons (Fsp3) is 0.412. The summed E-state index contributed by atoms with van der Waals surface area (Å²) < 4.78 is 6.13. The van der Waals surface area contributed by atoms with Crippen molar-refractivity contribution in [2.24, 2.45) is 5.41 Å². The molecule has 1 heterocycles. The van der Waals surface area contributed by atoms with Crippen molar-refractivity contribution in [1.29, 1.82) is 0 Å². The molecule has 1 unspecified atom stereocenters. The van der Waals surface area contributed by atoms with Crippen molar-refractivity contribution < 1.29 is 4.42 Å². The number of rotatable bonds is 0. The Labute approximate surface area is 108 Å². The van der Waals surface area contributed by atoms with Crippen molar-refractivity contribution in [2.45, 2.75) is 40.0 Å². The quantitative estimate of drug-likeness (QED) is 0.603. The lowest BCUT2D eigenvalue weighted by Gasteiger charge is -2.27. The zero-order valence-electron chi connectivity index (χ0n) is 11.6. The molecule has 0 spiro atoms. The molecule has 1 aromatic heterocycles. The monoisotopic (exact) mass is 240 g/mol. The molecule has 0 N–H and O–H groups in total. The number of hydrogen-bond acceptors (Lipinski definition) is 1. The summed E-state index contributed by atoms with van der Waals surface area (Å²) in [5, 5.41) is 1.29. The Morgan fingerprint density at radius 3 is 2.61 bits per heavy atom. The molecule has 1 aliphatic carbocycles. The highest BCUT2D eigenvalue weighted by atomic mass is 16.3. The molecule has 3 rings (SSSR count). The second kappa shape index (κ2) is 3.74. The van der Waals surface area contributed by atoms with Gasteiger partial charge in [-0.1, -0.05) is 52.0 Å². The van der Waals surface area contributed by atoms with Gasteiger partial charge in [-0.15, -0.1) is 0 Å². The maximum atomic E-state index is 6.13. The van der Waals surface area contributed by atoms with Gasteiger partial charge in [-0.3, -0.25) is 0 Å². The Balaban J connectivity index is 2.31. The van der Waals surface area contributed by atoms with E-state index in [9.17, 15) is 0 Å². The first-order valence-electron chi connectivity index (χ1n) is 6.71. The molecule has 1 nitrogen and oxygen atoms in total. The van der Waals surface area contributed by atoms with Gasteiger partial charge in [0.05, 0.1) is 0 Å². The molecule has 0 saturated heterocycles. The summed E-state index contributed by atoms with van der Waals surface area (Å²) in [6, 6.07) is 8.39. The SMILES string of the molecule is CC1CC=C(C(C)(C)C)c2oc3ccccc3c21. The highest BCUT2D eigenvalue weighted by Gasteiger charge is 2.30. The highest BCUT2D eigenvalue weighted by Crippen LogP contribution is 2.46. The third-order valence-corrected chi connectivity index (χ3v) is 3.85.